The molecule has 2 aromatic carbocycles. The topological polar surface area (TPSA) is 83.0 Å². The molecule has 0 N–H and O–H groups in total. The van der Waals surface area contributed by atoms with Crippen LogP contribution in [0, 0.1) is 5.92 Å². The highest BCUT2D eigenvalue weighted by Crippen LogP contribution is 2.42. The fourth-order valence-corrected chi connectivity index (χ4v) is 7.11. The average molecular weight is 558 g/mol. The Morgan fingerprint density at radius 2 is 1.75 bits per heavy atom. The molecule has 0 spiro atoms. The Morgan fingerprint density at radius 1 is 1.02 bits per heavy atom. The molecule has 5 heterocycles. The Kier molecular flexibility index (Phi) is 5.89. The molecule has 206 valence electrons. The minimum atomic E-state index is -0.114. The van der Waals surface area contributed by atoms with Crippen molar-refractivity contribution in [1.82, 2.24) is 29.1 Å². The molecule has 2 aliphatic heterocycles. The molecular weight excluding hydrogens is 526 g/mol. The van der Waals surface area contributed by atoms with Gasteiger partial charge in [0.1, 0.15) is 11.1 Å². The Bertz CT molecular complexity index is 1810. The van der Waals surface area contributed by atoms with Gasteiger partial charge >= 0.3 is 0 Å². The van der Waals surface area contributed by atoms with Crippen LogP contribution < -0.4 is 15.2 Å². The summed E-state index contributed by atoms with van der Waals surface area (Å²) in [7, 11) is 5.35. The van der Waals surface area contributed by atoms with Gasteiger partial charge in [-0.15, -0.1) is 0 Å². The van der Waals surface area contributed by atoms with Crippen LogP contribution in [0.15, 0.2) is 47.4 Å². The quantitative estimate of drug-likeness (QED) is 0.297. The summed E-state index contributed by atoms with van der Waals surface area (Å²) < 4.78 is 10.7. The van der Waals surface area contributed by atoms with Crippen LogP contribution in [0.2, 0.25) is 5.02 Å². The van der Waals surface area contributed by atoms with Crippen molar-refractivity contribution < 1.29 is 4.74 Å². The fraction of sp³-hybridized carbons (Fsp3) is 0.400. The van der Waals surface area contributed by atoms with Gasteiger partial charge in [0, 0.05) is 43.3 Å². The van der Waals surface area contributed by atoms with E-state index in [1.54, 1.807) is 16.4 Å². The lowest BCUT2D eigenvalue weighted by Crippen LogP contribution is -2.45. The van der Waals surface area contributed by atoms with E-state index in [1.165, 1.54) is 0 Å². The van der Waals surface area contributed by atoms with E-state index in [1.807, 2.05) is 61.4 Å². The molecule has 0 saturated carbocycles. The zero-order valence-corrected chi connectivity index (χ0v) is 23.9. The molecule has 0 amide bonds. The Hall–Kier alpha value is -3.85. The first kappa shape index (κ1) is 25.1. The first-order valence-corrected chi connectivity index (χ1v) is 14.2. The van der Waals surface area contributed by atoms with Crippen LogP contribution >= 0.6 is 11.6 Å². The second-order valence-corrected chi connectivity index (χ2v) is 11.7. The Balaban J connectivity index is 1.44. The van der Waals surface area contributed by atoms with Gasteiger partial charge in [0.05, 0.1) is 29.9 Å². The number of anilines is 1. The molecule has 0 unspecified atom stereocenters. The van der Waals surface area contributed by atoms with E-state index < -0.39 is 0 Å². The van der Waals surface area contributed by atoms with E-state index in [0.717, 1.165) is 53.5 Å². The van der Waals surface area contributed by atoms with Crippen LogP contribution in [0.1, 0.15) is 38.2 Å². The number of piperidine rings is 1. The summed E-state index contributed by atoms with van der Waals surface area (Å²) in [6, 6.07) is 12.5. The van der Waals surface area contributed by atoms with E-state index in [2.05, 4.69) is 16.9 Å². The van der Waals surface area contributed by atoms with Crippen molar-refractivity contribution in [2.45, 2.75) is 51.2 Å². The van der Waals surface area contributed by atoms with E-state index in [4.69, 9.17) is 26.4 Å². The molecular formula is C30H32ClN7O2. The number of fused-ring (bicyclic) bond motifs is 4. The number of rotatable bonds is 5. The van der Waals surface area contributed by atoms with Crippen LogP contribution in [0.25, 0.3) is 33.2 Å². The maximum atomic E-state index is 14.2. The SMILES string of the molecule is COc1ccc(Cn2nc3nc(N4[C@@H]5CC[C@H]4C[C@@H](C)C5)n(C)c(=O)c3c2-c2ccc3nn(C)cc3c2Cl)cc1. The highest BCUT2D eigenvalue weighted by molar-refractivity contribution is 6.38. The summed E-state index contributed by atoms with van der Waals surface area (Å²) in [6.45, 7) is 2.77. The number of benzene rings is 2. The highest BCUT2D eigenvalue weighted by Gasteiger charge is 2.41. The first-order chi connectivity index (χ1) is 19.3. The molecule has 0 aliphatic carbocycles. The molecule has 5 aromatic rings. The van der Waals surface area contributed by atoms with Crippen molar-refractivity contribution in [1.29, 1.82) is 0 Å². The second kappa shape index (κ2) is 9.37. The molecule has 3 aromatic heterocycles. The third-order valence-electron chi connectivity index (χ3n) is 8.64. The molecule has 2 saturated heterocycles. The summed E-state index contributed by atoms with van der Waals surface area (Å²) in [5.74, 6) is 2.19. The van der Waals surface area contributed by atoms with Crippen molar-refractivity contribution >= 4 is 39.5 Å². The summed E-state index contributed by atoms with van der Waals surface area (Å²) in [5, 5.41) is 11.3. The normalized spacial score (nSPS) is 20.6. The van der Waals surface area contributed by atoms with Crippen LogP contribution in [0.4, 0.5) is 5.95 Å². The van der Waals surface area contributed by atoms with Gasteiger partial charge in [-0.1, -0.05) is 30.7 Å². The van der Waals surface area contributed by atoms with Crippen LogP contribution in [0.5, 0.6) is 5.75 Å². The van der Waals surface area contributed by atoms with Crippen molar-refractivity contribution in [3.05, 3.63) is 63.5 Å². The molecule has 7 rings (SSSR count). The fourth-order valence-electron chi connectivity index (χ4n) is 6.81. The summed E-state index contributed by atoms with van der Waals surface area (Å²) >= 11 is 7.02. The third kappa shape index (κ3) is 3.90. The van der Waals surface area contributed by atoms with Gasteiger partial charge in [-0.2, -0.15) is 15.2 Å². The predicted molar refractivity (Wildman–Crippen MR) is 157 cm³/mol. The van der Waals surface area contributed by atoms with Gasteiger partial charge in [-0.25, -0.2) is 0 Å². The number of hydrogen-bond acceptors (Lipinski definition) is 6. The van der Waals surface area contributed by atoms with Crippen LogP contribution in [0.3, 0.4) is 0 Å². The average Bonchev–Trinajstić information content (AvgIpc) is 3.58. The second-order valence-electron chi connectivity index (χ2n) is 11.4. The number of halogens is 1. The summed E-state index contributed by atoms with van der Waals surface area (Å²) in [6.07, 6.45) is 6.43. The van der Waals surface area contributed by atoms with E-state index in [9.17, 15) is 4.79 Å². The number of nitrogens with zero attached hydrogens (tertiary/aromatic N) is 7. The minimum absolute atomic E-state index is 0.114. The van der Waals surface area contributed by atoms with Gasteiger partial charge in [0.2, 0.25) is 5.95 Å². The van der Waals surface area contributed by atoms with Crippen molar-refractivity contribution in [2.24, 2.45) is 20.0 Å². The largest absolute Gasteiger partial charge is 0.497 e. The van der Waals surface area contributed by atoms with Gasteiger partial charge in [0.25, 0.3) is 5.56 Å². The third-order valence-corrected chi connectivity index (χ3v) is 9.05. The Morgan fingerprint density at radius 3 is 2.45 bits per heavy atom. The predicted octanol–water partition coefficient (Wildman–Crippen LogP) is 5.16. The maximum absolute atomic E-state index is 14.2. The van der Waals surface area contributed by atoms with Crippen molar-refractivity contribution in [2.75, 3.05) is 12.0 Å². The van der Waals surface area contributed by atoms with Crippen molar-refractivity contribution in [3.8, 4) is 17.0 Å². The highest BCUT2D eigenvalue weighted by atomic mass is 35.5. The molecule has 2 fully saturated rings. The summed E-state index contributed by atoms with van der Waals surface area (Å²) in [4.78, 5) is 21.6. The van der Waals surface area contributed by atoms with E-state index >= 15 is 0 Å². The Labute approximate surface area is 236 Å². The number of hydrogen-bond donors (Lipinski definition) is 0. The number of aryl methyl sites for hydroxylation is 1. The van der Waals surface area contributed by atoms with Gasteiger partial charge < -0.3 is 9.64 Å². The molecule has 10 heteroatoms. The van der Waals surface area contributed by atoms with Crippen LogP contribution in [-0.4, -0.2) is 48.3 Å². The lowest BCUT2D eigenvalue weighted by Gasteiger charge is -2.39. The molecule has 0 radical (unpaired) electrons. The smallest absolute Gasteiger partial charge is 0.266 e. The monoisotopic (exact) mass is 557 g/mol. The summed E-state index contributed by atoms with van der Waals surface area (Å²) in [5.41, 5.74) is 3.55. The number of ether oxygens (including phenoxy) is 1. The zero-order valence-electron chi connectivity index (χ0n) is 23.1. The molecule has 40 heavy (non-hydrogen) atoms. The molecule has 2 aliphatic rings. The van der Waals surface area contributed by atoms with Gasteiger partial charge in [-0.3, -0.25) is 18.7 Å². The van der Waals surface area contributed by atoms with Crippen LogP contribution in [-0.2, 0) is 20.6 Å². The first-order valence-electron chi connectivity index (χ1n) is 13.8. The van der Waals surface area contributed by atoms with Gasteiger partial charge in [-0.05, 0) is 61.4 Å². The minimum Gasteiger partial charge on any atom is -0.497 e. The van der Waals surface area contributed by atoms with Gasteiger partial charge in [0.15, 0.2) is 5.65 Å². The lowest BCUT2D eigenvalue weighted by atomic mass is 9.93. The zero-order chi connectivity index (χ0) is 27.7. The van der Waals surface area contributed by atoms with E-state index in [0.29, 0.717) is 52.2 Å². The maximum Gasteiger partial charge on any atom is 0.266 e. The molecule has 2 bridgehead atoms. The van der Waals surface area contributed by atoms with Crippen molar-refractivity contribution in [3.63, 3.8) is 0 Å². The number of aromatic nitrogens is 6. The number of methoxy groups -OCH3 is 1. The molecule has 3 atom stereocenters. The lowest BCUT2D eigenvalue weighted by molar-refractivity contribution is 0.356. The molecule has 9 nitrogen and oxygen atoms in total. The van der Waals surface area contributed by atoms with E-state index in [-0.39, 0.29) is 5.56 Å². The standard InChI is InChI=1S/C30H32ClN7O2/c1-17-13-19-7-8-20(14-17)38(19)30-32-28-25(29(39)36(30)3)27(22-11-12-24-23(26(22)31)16-35(2)33-24)37(34-28)15-18-5-9-21(40-4)10-6-18/h5-6,9-12,16-17,19-20H,7-8,13-15H2,1-4H3/t17-,19+,20-.